The zero-order valence-corrected chi connectivity index (χ0v) is 15.1. The van der Waals surface area contributed by atoms with Crippen LogP contribution in [0.25, 0.3) is 0 Å². The van der Waals surface area contributed by atoms with Crippen molar-refractivity contribution in [1.82, 2.24) is 4.72 Å². The Hall–Kier alpha value is -0.730. The predicted molar refractivity (Wildman–Crippen MR) is 98.5 cm³/mol. The number of rotatable bonds is 6. The molecule has 2 unspecified atom stereocenters. The van der Waals surface area contributed by atoms with Gasteiger partial charge in [-0.1, -0.05) is 61.4 Å². The van der Waals surface area contributed by atoms with Crippen LogP contribution >= 0.6 is 11.9 Å². The molecular weight excluding hydrogens is 274 g/mol. The molecule has 0 aromatic heterocycles. The van der Waals surface area contributed by atoms with Gasteiger partial charge in [0, 0.05) is 10.8 Å². The Balaban J connectivity index is 2.69. The first kappa shape index (κ1) is 18.3. The average molecular weight is 306 g/mol. The van der Waals surface area contributed by atoms with Crippen molar-refractivity contribution in [2.75, 3.05) is 0 Å². The molecule has 1 rings (SSSR count). The van der Waals surface area contributed by atoms with E-state index in [0.29, 0.717) is 6.04 Å². The minimum atomic E-state index is 0.0170. The number of hydrogen-bond donors (Lipinski definition) is 1. The summed E-state index contributed by atoms with van der Waals surface area (Å²) in [6, 6.07) is 0.517. The van der Waals surface area contributed by atoms with Crippen LogP contribution in [0.3, 0.4) is 0 Å². The van der Waals surface area contributed by atoms with Gasteiger partial charge in [0.2, 0.25) is 0 Å². The van der Waals surface area contributed by atoms with Gasteiger partial charge in [-0.15, -0.1) is 0 Å². The predicted octanol–water partition coefficient (Wildman–Crippen LogP) is 5.83. The summed E-state index contributed by atoms with van der Waals surface area (Å²) in [4.78, 5) is 0. The van der Waals surface area contributed by atoms with Gasteiger partial charge in [0.05, 0.1) is 0 Å². The van der Waals surface area contributed by atoms with E-state index in [1.54, 1.807) is 5.57 Å². The van der Waals surface area contributed by atoms with Crippen molar-refractivity contribution < 1.29 is 0 Å². The maximum Gasteiger partial charge on any atom is 0.0496 e. The summed E-state index contributed by atoms with van der Waals surface area (Å²) in [5.41, 5.74) is 2.82. The van der Waals surface area contributed by atoms with Crippen LogP contribution in [0.15, 0.2) is 48.1 Å². The van der Waals surface area contributed by atoms with E-state index in [1.807, 2.05) is 24.9 Å². The first-order chi connectivity index (χ1) is 9.94. The van der Waals surface area contributed by atoms with Crippen LogP contribution in [-0.2, 0) is 0 Å². The quantitative estimate of drug-likeness (QED) is 0.376. The molecule has 1 fully saturated rings. The molecule has 0 aromatic rings. The summed E-state index contributed by atoms with van der Waals surface area (Å²) in [7, 11) is 0. The van der Waals surface area contributed by atoms with E-state index in [2.05, 4.69) is 63.3 Å². The van der Waals surface area contributed by atoms with Gasteiger partial charge in [-0.3, -0.25) is 4.72 Å². The second-order valence-corrected chi connectivity index (χ2v) is 7.85. The maximum absolute atomic E-state index is 3.96. The molecule has 1 saturated carbocycles. The molecule has 0 aromatic carbocycles. The van der Waals surface area contributed by atoms with Gasteiger partial charge in [0.25, 0.3) is 0 Å². The first-order valence-electron chi connectivity index (χ1n) is 7.99. The highest BCUT2D eigenvalue weighted by Gasteiger charge is 2.27. The van der Waals surface area contributed by atoms with Crippen molar-refractivity contribution in [2.24, 2.45) is 5.92 Å². The zero-order chi connectivity index (χ0) is 15.9. The molecule has 1 N–H and O–H groups in total. The molecule has 2 heteroatoms. The molecule has 0 amide bonds. The fourth-order valence-electron chi connectivity index (χ4n) is 2.73. The molecule has 2 atom stereocenters. The Morgan fingerprint density at radius 3 is 2.62 bits per heavy atom. The molecule has 1 nitrogen and oxygen atoms in total. The van der Waals surface area contributed by atoms with Gasteiger partial charge in [-0.05, 0) is 58.4 Å². The van der Waals surface area contributed by atoms with Crippen LogP contribution < -0.4 is 4.72 Å². The van der Waals surface area contributed by atoms with Crippen molar-refractivity contribution in [3.63, 3.8) is 0 Å². The smallest absolute Gasteiger partial charge is 0.0496 e. The molecule has 0 aliphatic heterocycles. The number of allylic oxidation sites excluding steroid dienone is 5. The molecule has 21 heavy (non-hydrogen) atoms. The summed E-state index contributed by atoms with van der Waals surface area (Å²) in [5, 5.41) is 0. The topological polar surface area (TPSA) is 12.0 Å². The number of nitrogens with one attached hydrogen (secondary N) is 1. The minimum Gasteiger partial charge on any atom is -0.256 e. The second kappa shape index (κ2) is 8.65. The average Bonchev–Trinajstić information content (AvgIpc) is 2.46. The fraction of sp³-hybridized carbons (Fsp3) is 0.579. The molecule has 0 bridgehead atoms. The van der Waals surface area contributed by atoms with Crippen LogP contribution in [0.5, 0.6) is 0 Å². The fourth-order valence-corrected chi connectivity index (χ4v) is 3.70. The Kier molecular flexibility index (Phi) is 7.55. The monoisotopic (exact) mass is 305 g/mol. The third-order valence-electron chi connectivity index (χ3n) is 4.19. The van der Waals surface area contributed by atoms with E-state index in [9.17, 15) is 0 Å². The third kappa shape index (κ3) is 5.52. The largest absolute Gasteiger partial charge is 0.256 e. The molecule has 0 radical (unpaired) electrons. The maximum atomic E-state index is 3.96. The molecular formula is C19H31NS. The van der Waals surface area contributed by atoms with Crippen LogP contribution in [0.1, 0.15) is 53.9 Å². The lowest BCUT2D eigenvalue weighted by Crippen LogP contribution is -2.34. The van der Waals surface area contributed by atoms with Crippen molar-refractivity contribution in [2.45, 2.75) is 64.7 Å². The highest BCUT2D eigenvalue weighted by atomic mass is 32.2. The minimum absolute atomic E-state index is 0.0170. The van der Waals surface area contributed by atoms with Crippen molar-refractivity contribution in [1.29, 1.82) is 0 Å². The summed E-state index contributed by atoms with van der Waals surface area (Å²) >= 11 is 1.82. The van der Waals surface area contributed by atoms with Crippen molar-refractivity contribution in [3.8, 4) is 0 Å². The summed E-state index contributed by atoms with van der Waals surface area (Å²) < 4.78 is 3.73. The van der Waals surface area contributed by atoms with Gasteiger partial charge in [-0.2, -0.15) is 0 Å². The Bertz CT molecular complexity index is 429. The lowest BCUT2D eigenvalue weighted by Gasteiger charge is -2.33. The lowest BCUT2D eigenvalue weighted by atomic mass is 9.83. The van der Waals surface area contributed by atoms with Gasteiger partial charge < -0.3 is 0 Å². The van der Waals surface area contributed by atoms with Crippen LogP contribution in [0, 0.1) is 5.92 Å². The second-order valence-electron chi connectivity index (χ2n) is 6.38. The number of hydrogen-bond acceptors (Lipinski definition) is 2. The summed E-state index contributed by atoms with van der Waals surface area (Å²) in [5.74, 6) is 0.825. The molecule has 0 saturated heterocycles. The normalized spacial score (nSPS) is 26.5. The van der Waals surface area contributed by atoms with Gasteiger partial charge in [0.15, 0.2) is 0 Å². The van der Waals surface area contributed by atoms with Crippen LogP contribution in [-0.4, -0.2) is 10.8 Å². The molecule has 1 aliphatic rings. The highest BCUT2D eigenvalue weighted by Crippen LogP contribution is 2.35. The third-order valence-corrected chi connectivity index (χ3v) is 5.34. The molecule has 1 aliphatic carbocycles. The van der Waals surface area contributed by atoms with Crippen molar-refractivity contribution in [3.05, 3.63) is 48.1 Å². The lowest BCUT2D eigenvalue weighted by molar-refractivity contribution is 0.409. The first-order valence-corrected chi connectivity index (χ1v) is 8.80. The Labute approximate surface area is 135 Å². The van der Waals surface area contributed by atoms with E-state index < -0.39 is 0 Å². The summed E-state index contributed by atoms with van der Waals surface area (Å²) in [6.07, 6.45) is 14.3. The Morgan fingerprint density at radius 1 is 1.33 bits per heavy atom. The van der Waals surface area contributed by atoms with E-state index in [4.69, 9.17) is 0 Å². The van der Waals surface area contributed by atoms with Gasteiger partial charge >= 0.3 is 0 Å². The van der Waals surface area contributed by atoms with Crippen molar-refractivity contribution >= 4 is 11.9 Å². The van der Waals surface area contributed by atoms with E-state index in [-0.39, 0.29) is 4.75 Å². The van der Waals surface area contributed by atoms with E-state index >= 15 is 0 Å². The SMILES string of the molecule is C=C/C(=C\C=C/C)C(C)(C)SNC1CCC(C)C/C1=C\C. The van der Waals surface area contributed by atoms with Crippen LogP contribution in [0.2, 0.25) is 0 Å². The molecule has 118 valence electrons. The highest BCUT2D eigenvalue weighted by molar-refractivity contribution is 7.99. The zero-order valence-electron chi connectivity index (χ0n) is 14.3. The van der Waals surface area contributed by atoms with Gasteiger partial charge in [-0.25, -0.2) is 0 Å². The van der Waals surface area contributed by atoms with E-state index in [1.165, 1.54) is 24.8 Å². The standard InChI is InChI=1S/C19H31NS/c1-7-10-11-17(9-3)19(5,6)21-20-18-13-12-15(4)14-16(18)8-2/h7-11,15,18,20H,3,12-14H2,1-2,4-6H3/b10-7-,16-8+,17-11+. The Morgan fingerprint density at radius 2 is 2.05 bits per heavy atom. The molecule has 0 heterocycles. The molecule has 0 spiro atoms. The van der Waals surface area contributed by atoms with Gasteiger partial charge in [0.1, 0.15) is 0 Å². The summed E-state index contributed by atoms with van der Waals surface area (Å²) in [6.45, 7) is 15.0. The van der Waals surface area contributed by atoms with Crippen LogP contribution in [0.4, 0.5) is 0 Å². The van der Waals surface area contributed by atoms with E-state index in [0.717, 1.165) is 5.92 Å².